The van der Waals surface area contributed by atoms with Gasteiger partial charge in [-0.3, -0.25) is 9.59 Å². The van der Waals surface area contributed by atoms with Crippen molar-refractivity contribution in [1.29, 1.82) is 0 Å². The molecule has 1 aliphatic rings. The number of piperazine rings is 1. The topological polar surface area (TPSA) is 65.5 Å². The standard InChI is InChI=1S/C18H18Cl2N4O2/c19-13-4-5-14(15(20)11-13)18(26)22-12-17(25)24-9-7-23(8-10-24)16-3-1-2-6-21-16/h1-6,11H,7-10,12H2,(H,22,26). The summed E-state index contributed by atoms with van der Waals surface area (Å²) in [6, 6.07) is 10.4. The normalized spacial score (nSPS) is 14.2. The van der Waals surface area contributed by atoms with Crippen LogP contribution in [0.5, 0.6) is 0 Å². The van der Waals surface area contributed by atoms with E-state index in [9.17, 15) is 9.59 Å². The first kappa shape index (κ1) is 18.5. The van der Waals surface area contributed by atoms with Gasteiger partial charge >= 0.3 is 0 Å². The Labute approximate surface area is 161 Å². The molecule has 0 spiro atoms. The minimum Gasteiger partial charge on any atom is -0.353 e. The van der Waals surface area contributed by atoms with E-state index in [0.717, 1.165) is 5.82 Å². The second kappa shape index (κ2) is 8.38. The molecule has 3 rings (SSSR count). The number of benzene rings is 1. The quantitative estimate of drug-likeness (QED) is 0.867. The fourth-order valence-electron chi connectivity index (χ4n) is 2.76. The Hall–Kier alpha value is -2.31. The van der Waals surface area contributed by atoms with Gasteiger partial charge in [0.2, 0.25) is 5.91 Å². The molecule has 2 amide bonds. The third-order valence-electron chi connectivity index (χ3n) is 4.18. The predicted octanol–water partition coefficient (Wildman–Crippen LogP) is 2.47. The van der Waals surface area contributed by atoms with E-state index in [1.54, 1.807) is 17.2 Å². The molecule has 1 fully saturated rings. The van der Waals surface area contributed by atoms with E-state index in [0.29, 0.717) is 36.8 Å². The summed E-state index contributed by atoms with van der Waals surface area (Å²) in [4.78, 5) is 32.7. The Kier molecular flexibility index (Phi) is 5.96. The molecule has 1 aromatic heterocycles. The number of hydrogen-bond donors (Lipinski definition) is 1. The van der Waals surface area contributed by atoms with E-state index < -0.39 is 5.91 Å². The zero-order valence-corrected chi connectivity index (χ0v) is 15.5. The van der Waals surface area contributed by atoms with Crippen molar-refractivity contribution >= 4 is 40.8 Å². The number of amides is 2. The Balaban J connectivity index is 1.49. The first-order valence-electron chi connectivity index (χ1n) is 8.21. The predicted molar refractivity (Wildman–Crippen MR) is 102 cm³/mol. The summed E-state index contributed by atoms with van der Waals surface area (Å²) in [7, 11) is 0. The molecule has 136 valence electrons. The van der Waals surface area contributed by atoms with Gasteiger partial charge in [-0.25, -0.2) is 4.98 Å². The molecule has 0 unspecified atom stereocenters. The molecule has 2 heterocycles. The van der Waals surface area contributed by atoms with Crippen molar-refractivity contribution in [2.75, 3.05) is 37.6 Å². The van der Waals surface area contributed by atoms with Crippen LogP contribution in [0.25, 0.3) is 0 Å². The third kappa shape index (κ3) is 4.45. The molecular formula is C18H18Cl2N4O2. The second-order valence-electron chi connectivity index (χ2n) is 5.86. The first-order valence-corrected chi connectivity index (χ1v) is 8.97. The molecule has 1 saturated heterocycles. The highest BCUT2D eigenvalue weighted by molar-refractivity contribution is 6.36. The number of aromatic nitrogens is 1. The van der Waals surface area contributed by atoms with Crippen LogP contribution in [-0.2, 0) is 4.79 Å². The summed E-state index contributed by atoms with van der Waals surface area (Å²) < 4.78 is 0. The van der Waals surface area contributed by atoms with Crippen LogP contribution in [0.15, 0.2) is 42.6 Å². The molecule has 26 heavy (non-hydrogen) atoms. The van der Waals surface area contributed by atoms with E-state index >= 15 is 0 Å². The lowest BCUT2D eigenvalue weighted by atomic mass is 10.2. The highest BCUT2D eigenvalue weighted by Gasteiger charge is 2.22. The molecule has 0 aliphatic carbocycles. The van der Waals surface area contributed by atoms with Gasteiger partial charge in [-0.2, -0.15) is 0 Å². The SMILES string of the molecule is O=C(NCC(=O)N1CCN(c2ccccn2)CC1)c1ccc(Cl)cc1Cl. The van der Waals surface area contributed by atoms with Gasteiger partial charge in [0.25, 0.3) is 5.91 Å². The van der Waals surface area contributed by atoms with Gasteiger partial charge in [0, 0.05) is 37.4 Å². The van der Waals surface area contributed by atoms with Crippen molar-refractivity contribution in [3.05, 3.63) is 58.2 Å². The molecule has 0 radical (unpaired) electrons. The fourth-order valence-corrected chi connectivity index (χ4v) is 3.26. The molecule has 0 bridgehead atoms. The van der Waals surface area contributed by atoms with Crippen LogP contribution in [0, 0.1) is 0 Å². The Morgan fingerprint density at radius 2 is 1.85 bits per heavy atom. The van der Waals surface area contributed by atoms with Gasteiger partial charge in [0.05, 0.1) is 17.1 Å². The number of pyridine rings is 1. The van der Waals surface area contributed by atoms with Crippen LogP contribution in [0.4, 0.5) is 5.82 Å². The average Bonchev–Trinajstić information content (AvgIpc) is 2.66. The molecular weight excluding hydrogens is 375 g/mol. The van der Waals surface area contributed by atoms with Gasteiger partial charge < -0.3 is 15.1 Å². The number of halogens is 2. The van der Waals surface area contributed by atoms with Crippen LogP contribution in [0.2, 0.25) is 10.0 Å². The Bertz CT molecular complexity index is 793. The zero-order valence-electron chi connectivity index (χ0n) is 14.0. The lowest BCUT2D eigenvalue weighted by Crippen LogP contribution is -2.51. The monoisotopic (exact) mass is 392 g/mol. The maximum atomic E-state index is 12.3. The summed E-state index contributed by atoms with van der Waals surface area (Å²) in [5.74, 6) is 0.390. The first-order chi connectivity index (χ1) is 12.5. The number of nitrogens with zero attached hydrogens (tertiary/aromatic N) is 3. The lowest BCUT2D eigenvalue weighted by Gasteiger charge is -2.35. The van der Waals surface area contributed by atoms with Crippen LogP contribution in [0.3, 0.4) is 0 Å². The highest BCUT2D eigenvalue weighted by Crippen LogP contribution is 2.20. The van der Waals surface area contributed by atoms with Crippen LogP contribution >= 0.6 is 23.2 Å². The summed E-state index contributed by atoms with van der Waals surface area (Å²) in [6.07, 6.45) is 1.75. The van der Waals surface area contributed by atoms with Crippen LogP contribution in [-0.4, -0.2) is 54.4 Å². The van der Waals surface area contributed by atoms with Crippen molar-refractivity contribution in [2.45, 2.75) is 0 Å². The molecule has 1 N–H and O–H groups in total. The summed E-state index contributed by atoms with van der Waals surface area (Å²) in [5, 5.41) is 3.32. The van der Waals surface area contributed by atoms with Gasteiger partial charge in [-0.05, 0) is 30.3 Å². The summed E-state index contributed by atoms with van der Waals surface area (Å²) >= 11 is 11.8. The summed E-state index contributed by atoms with van der Waals surface area (Å²) in [6.45, 7) is 2.53. The number of carbonyl (C=O) groups is 2. The molecule has 1 aliphatic heterocycles. The molecule has 0 atom stereocenters. The Morgan fingerprint density at radius 3 is 2.50 bits per heavy atom. The van der Waals surface area contributed by atoms with Gasteiger partial charge in [-0.1, -0.05) is 29.3 Å². The van der Waals surface area contributed by atoms with Crippen molar-refractivity contribution in [3.63, 3.8) is 0 Å². The number of anilines is 1. The molecule has 1 aromatic carbocycles. The maximum Gasteiger partial charge on any atom is 0.253 e. The average molecular weight is 393 g/mol. The second-order valence-corrected chi connectivity index (χ2v) is 6.71. The lowest BCUT2D eigenvalue weighted by molar-refractivity contribution is -0.130. The molecule has 8 heteroatoms. The van der Waals surface area contributed by atoms with Crippen molar-refractivity contribution in [3.8, 4) is 0 Å². The number of rotatable bonds is 4. The van der Waals surface area contributed by atoms with E-state index in [-0.39, 0.29) is 17.5 Å². The van der Waals surface area contributed by atoms with E-state index in [2.05, 4.69) is 15.2 Å². The van der Waals surface area contributed by atoms with Crippen molar-refractivity contribution in [1.82, 2.24) is 15.2 Å². The molecule has 2 aromatic rings. The maximum absolute atomic E-state index is 12.3. The van der Waals surface area contributed by atoms with Crippen molar-refractivity contribution in [2.24, 2.45) is 0 Å². The summed E-state index contributed by atoms with van der Waals surface area (Å²) in [5.41, 5.74) is 0.295. The zero-order chi connectivity index (χ0) is 18.5. The smallest absolute Gasteiger partial charge is 0.253 e. The fraction of sp³-hybridized carbons (Fsp3) is 0.278. The Morgan fingerprint density at radius 1 is 1.08 bits per heavy atom. The van der Waals surface area contributed by atoms with Gasteiger partial charge in [0.1, 0.15) is 5.82 Å². The van der Waals surface area contributed by atoms with E-state index in [4.69, 9.17) is 23.2 Å². The number of nitrogens with one attached hydrogen (secondary N) is 1. The highest BCUT2D eigenvalue weighted by atomic mass is 35.5. The third-order valence-corrected chi connectivity index (χ3v) is 4.73. The van der Waals surface area contributed by atoms with Gasteiger partial charge in [-0.15, -0.1) is 0 Å². The molecule has 0 saturated carbocycles. The largest absolute Gasteiger partial charge is 0.353 e. The van der Waals surface area contributed by atoms with Gasteiger partial charge in [0.15, 0.2) is 0 Å². The number of carbonyl (C=O) groups excluding carboxylic acids is 2. The minimum absolute atomic E-state index is 0.0681. The van der Waals surface area contributed by atoms with E-state index in [1.807, 2.05) is 18.2 Å². The number of hydrogen-bond acceptors (Lipinski definition) is 4. The van der Waals surface area contributed by atoms with Crippen LogP contribution in [0.1, 0.15) is 10.4 Å². The van der Waals surface area contributed by atoms with Crippen LogP contribution < -0.4 is 10.2 Å². The minimum atomic E-state index is -0.396. The van der Waals surface area contributed by atoms with Crippen molar-refractivity contribution < 1.29 is 9.59 Å². The molecule has 6 nitrogen and oxygen atoms in total. The van der Waals surface area contributed by atoms with E-state index in [1.165, 1.54) is 12.1 Å².